The second-order valence-corrected chi connectivity index (χ2v) is 8.84. The van der Waals surface area contributed by atoms with Crippen molar-refractivity contribution in [3.05, 3.63) is 107 Å². The lowest BCUT2D eigenvalue weighted by molar-refractivity contribution is -0.119. The number of amides is 1. The third-order valence-electron chi connectivity index (χ3n) is 6.32. The van der Waals surface area contributed by atoms with Crippen LogP contribution in [0, 0.1) is 0 Å². The Morgan fingerprint density at radius 2 is 1.68 bits per heavy atom. The van der Waals surface area contributed by atoms with Gasteiger partial charge >= 0.3 is 0 Å². The molecule has 0 fully saturated rings. The van der Waals surface area contributed by atoms with E-state index in [1.165, 1.54) is 11.4 Å². The Labute approximate surface area is 220 Å². The Kier molecular flexibility index (Phi) is 6.82. The molecular weight excluding hydrogens is 474 g/mol. The molecule has 5 rings (SSSR count). The molecule has 1 amide bonds. The van der Waals surface area contributed by atoms with E-state index >= 15 is 0 Å². The molecule has 7 nitrogen and oxygen atoms in total. The fraction of sp³-hybridized carbons (Fsp3) is 0.0968. The molecular formula is C31H27N5O2. The number of carbonyl (C=O) groups is 1. The van der Waals surface area contributed by atoms with Crippen LogP contribution in [-0.4, -0.2) is 27.2 Å². The third-order valence-corrected chi connectivity index (χ3v) is 6.32. The number of nitrogens with zero attached hydrogens (tertiary/aromatic N) is 3. The summed E-state index contributed by atoms with van der Waals surface area (Å²) < 4.78 is 1.42. The van der Waals surface area contributed by atoms with E-state index in [2.05, 4.69) is 22.0 Å². The number of hydrogen-bond donors (Lipinski definition) is 2. The predicted molar refractivity (Wildman–Crippen MR) is 154 cm³/mol. The lowest BCUT2D eigenvalue weighted by atomic mass is 9.99. The molecule has 2 aromatic heterocycles. The van der Waals surface area contributed by atoms with Crippen molar-refractivity contribution >= 4 is 30.0 Å². The Hall–Kier alpha value is -5.04. The number of aliphatic imine (C=N–C) groups is 1. The molecule has 188 valence electrons. The van der Waals surface area contributed by atoms with E-state index in [0.717, 1.165) is 22.3 Å². The highest BCUT2D eigenvalue weighted by Gasteiger charge is 2.23. The summed E-state index contributed by atoms with van der Waals surface area (Å²) in [6.45, 7) is 7.18. The van der Waals surface area contributed by atoms with Gasteiger partial charge < -0.3 is 10.3 Å². The fourth-order valence-electron chi connectivity index (χ4n) is 4.61. The van der Waals surface area contributed by atoms with Crippen LogP contribution in [0.2, 0.25) is 0 Å². The van der Waals surface area contributed by atoms with Gasteiger partial charge in [-0.15, -0.1) is 0 Å². The maximum atomic E-state index is 14.2. The summed E-state index contributed by atoms with van der Waals surface area (Å²) in [5, 5.41) is 7.66. The molecule has 0 atom stereocenters. The van der Waals surface area contributed by atoms with E-state index in [-0.39, 0.29) is 18.0 Å². The molecule has 0 aliphatic carbocycles. The number of carbonyl (C=O) groups excluding carboxylic acids is 1. The second-order valence-electron chi connectivity index (χ2n) is 8.84. The molecule has 0 aliphatic heterocycles. The highest BCUT2D eigenvalue weighted by molar-refractivity contribution is 5.91. The van der Waals surface area contributed by atoms with Crippen LogP contribution < -0.4 is 10.9 Å². The molecule has 3 aromatic carbocycles. The number of allylic oxidation sites excluding steroid dienone is 1. The van der Waals surface area contributed by atoms with Crippen LogP contribution in [0.15, 0.2) is 94.7 Å². The van der Waals surface area contributed by atoms with E-state index < -0.39 is 0 Å². The Morgan fingerprint density at radius 1 is 1.00 bits per heavy atom. The average molecular weight is 502 g/mol. The fourth-order valence-corrected chi connectivity index (χ4v) is 4.61. The molecule has 7 heteroatoms. The number of rotatable bonds is 7. The van der Waals surface area contributed by atoms with Crippen LogP contribution in [0.1, 0.15) is 25.1 Å². The molecule has 2 N–H and O–H groups in total. The predicted octanol–water partition coefficient (Wildman–Crippen LogP) is 6.02. The highest BCUT2D eigenvalue weighted by Crippen LogP contribution is 2.35. The summed E-state index contributed by atoms with van der Waals surface area (Å²) in [7, 11) is 0. The lowest BCUT2D eigenvalue weighted by Gasteiger charge is -2.13. The van der Waals surface area contributed by atoms with E-state index in [9.17, 15) is 9.59 Å². The Balaban J connectivity index is 1.85. The summed E-state index contributed by atoms with van der Waals surface area (Å²) in [6, 6.07) is 25.2. The monoisotopic (exact) mass is 501 g/mol. The van der Waals surface area contributed by atoms with Crippen LogP contribution in [0.3, 0.4) is 0 Å². The molecule has 5 aromatic rings. The van der Waals surface area contributed by atoms with Crippen LogP contribution in [0.4, 0.5) is 5.69 Å². The number of nitrogens with one attached hydrogen (secondary N) is 2. The van der Waals surface area contributed by atoms with Gasteiger partial charge in [-0.3, -0.25) is 14.6 Å². The van der Waals surface area contributed by atoms with Gasteiger partial charge in [-0.2, -0.15) is 9.61 Å². The first-order valence-electron chi connectivity index (χ1n) is 12.3. The summed E-state index contributed by atoms with van der Waals surface area (Å²) in [4.78, 5) is 33.6. The van der Waals surface area contributed by atoms with Crippen LogP contribution in [-0.2, 0) is 11.3 Å². The van der Waals surface area contributed by atoms with Crippen molar-refractivity contribution in [1.82, 2.24) is 19.9 Å². The number of aromatic amines is 1. The van der Waals surface area contributed by atoms with Crippen molar-refractivity contribution in [3.8, 4) is 33.5 Å². The zero-order valence-corrected chi connectivity index (χ0v) is 21.2. The van der Waals surface area contributed by atoms with Crippen LogP contribution in [0.25, 0.3) is 45.2 Å². The van der Waals surface area contributed by atoms with Gasteiger partial charge in [0, 0.05) is 23.7 Å². The third kappa shape index (κ3) is 4.57. The Morgan fingerprint density at radius 3 is 2.32 bits per heavy atom. The molecule has 0 unspecified atom stereocenters. The number of aromatic nitrogens is 3. The maximum Gasteiger partial charge on any atom is 0.282 e. The molecule has 2 heterocycles. The minimum absolute atomic E-state index is 0.150. The topological polar surface area (TPSA) is 91.6 Å². The standard InChI is InChI=1S/C31H27N5O2/c1-4-11-23-18-24(16-17-25(23)32-3)27-26(19-33-20(2)37)34-30-28(21-12-7-5-8-13-21)29(35-36(30)31(27)38)22-14-9-6-10-15-22/h4-18,34H,3,19H2,1-2H3,(H,33,37)/b11-4-. The van der Waals surface area contributed by atoms with Crippen molar-refractivity contribution in [2.45, 2.75) is 20.4 Å². The number of fused-ring (bicyclic) bond motifs is 1. The van der Waals surface area contributed by atoms with Gasteiger partial charge in [-0.25, -0.2) is 0 Å². The molecule has 0 spiro atoms. The van der Waals surface area contributed by atoms with Crippen LogP contribution in [0.5, 0.6) is 0 Å². The molecule has 38 heavy (non-hydrogen) atoms. The average Bonchev–Trinajstić information content (AvgIpc) is 3.33. The number of benzene rings is 3. The van der Waals surface area contributed by atoms with Gasteiger partial charge in [0.1, 0.15) is 11.3 Å². The SMILES string of the molecule is C=Nc1ccc(-c2c(CNC(C)=O)[nH]c3c(-c4ccccc4)c(-c4ccccc4)nn3c2=O)cc1/C=C\C. The maximum absolute atomic E-state index is 14.2. The van der Waals surface area contributed by atoms with Gasteiger partial charge in [-0.05, 0) is 36.9 Å². The van der Waals surface area contributed by atoms with E-state index in [0.29, 0.717) is 33.8 Å². The largest absolute Gasteiger partial charge is 0.351 e. The first kappa shape index (κ1) is 24.6. The summed E-state index contributed by atoms with van der Waals surface area (Å²) in [5.41, 5.74) is 6.83. The van der Waals surface area contributed by atoms with Crippen molar-refractivity contribution < 1.29 is 4.79 Å². The van der Waals surface area contributed by atoms with Gasteiger partial charge in [0.25, 0.3) is 5.56 Å². The summed E-state index contributed by atoms with van der Waals surface area (Å²) >= 11 is 0. The van der Waals surface area contributed by atoms with E-state index in [1.54, 1.807) is 0 Å². The van der Waals surface area contributed by atoms with Gasteiger partial charge in [0.2, 0.25) is 5.91 Å². The quantitative estimate of drug-likeness (QED) is 0.267. The highest BCUT2D eigenvalue weighted by atomic mass is 16.1. The normalized spacial score (nSPS) is 11.2. The van der Waals surface area contributed by atoms with Gasteiger partial charge in [0.05, 0.1) is 23.4 Å². The molecule has 0 saturated heterocycles. The smallest absolute Gasteiger partial charge is 0.282 e. The minimum atomic E-state index is -0.288. The zero-order chi connectivity index (χ0) is 26.6. The zero-order valence-electron chi connectivity index (χ0n) is 21.2. The van der Waals surface area contributed by atoms with Crippen molar-refractivity contribution in [2.24, 2.45) is 4.99 Å². The van der Waals surface area contributed by atoms with Gasteiger partial charge in [0.15, 0.2) is 0 Å². The molecule has 0 saturated carbocycles. The molecule has 0 aliphatic rings. The first-order valence-corrected chi connectivity index (χ1v) is 12.3. The Bertz CT molecular complexity index is 1730. The molecule has 0 bridgehead atoms. The minimum Gasteiger partial charge on any atom is -0.351 e. The number of hydrogen-bond acceptors (Lipinski definition) is 4. The second kappa shape index (κ2) is 10.5. The van der Waals surface area contributed by atoms with Crippen molar-refractivity contribution in [1.29, 1.82) is 0 Å². The number of H-pyrrole nitrogens is 1. The van der Waals surface area contributed by atoms with Gasteiger partial charge in [-0.1, -0.05) is 78.9 Å². The first-order chi connectivity index (χ1) is 18.5. The van der Waals surface area contributed by atoms with E-state index in [4.69, 9.17) is 5.10 Å². The van der Waals surface area contributed by atoms with E-state index in [1.807, 2.05) is 97.9 Å². The summed E-state index contributed by atoms with van der Waals surface area (Å²) in [5.74, 6) is -0.195. The lowest BCUT2D eigenvalue weighted by Crippen LogP contribution is -2.25. The summed E-state index contributed by atoms with van der Waals surface area (Å²) in [6.07, 6.45) is 3.83. The van der Waals surface area contributed by atoms with Crippen LogP contribution >= 0.6 is 0 Å². The molecule has 0 radical (unpaired) electrons. The van der Waals surface area contributed by atoms with Crippen molar-refractivity contribution in [2.75, 3.05) is 0 Å². The van der Waals surface area contributed by atoms with Crippen molar-refractivity contribution in [3.63, 3.8) is 0 Å².